The number of allylic oxidation sites excluding steroid dienone is 8. The van der Waals surface area contributed by atoms with Crippen LogP contribution < -0.4 is 19.6 Å². The first-order valence-electron chi connectivity index (χ1n) is 31.4. The first-order chi connectivity index (χ1) is 45.4. The van der Waals surface area contributed by atoms with Crippen LogP contribution in [0.25, 0.3) is 32.7 Å². The van der Waals surface area contributed by atoms with E-state index in [1.807, 2.05) is 131 Å². The number of alkyl halides is 6. The Hall–Kier alpha value is -10.8. The minimum Gasteiger partial charge on any atom is -0.338 e. The van der Waals surface area contributed by atoms with Crippen molar-refractivity contribution in [2.24, 2.45) is 0 Å². The Morgan fingerprint density at radius 2 is 0.785 bits per heavy atom. The fourth-order valence-electron chi connectivity index (χ4n) is 13.7. The molecule has 0 radical (unpaired) electrons. The van der Waals surface area contributed by atoms with Crippen molar-refractivity contribution < 1.29 is 26.3 Å². The average Bonchev–Trinajstić information content (AvgIpc) is 0.724. The minimum atomic E-state index is -5.79. The van der Waals surface area contributed by atoms with Crippen LogP contribution in [0.15, 0.2) is 345 Å². The van der Waals surface area contributed by atoms with Gasteiger partial charge in [-0.05, 0) is 173 Å². The highest BCUT2D eigenvalue weighted by Crippen LogP contribution is 2.57. The summed E-state index contributed by atoms with van der Waals surface area (Å²) in [5, 5.41) is 4.58. The Morgan fingerprint density at radius 3 is 1.29 bits per heavy atom. The zero-order chi connectivity index (χ0) is 63.5. The number of halogens is 6. The lowest BCUT2D eigenvalue weighted by Crippen LogP contribution is -2.54. The van der Waals surface area contributed by atoms with E-state index in [0.717, 1.165) is 97.9 Å². The molecular formula is C83H64F6N4. The van der Waals surface area contributed by atoms with E-state index in [1.165, 1.54) is 35.0 Å². The van der Waals surface area contributed by atoms with Crippen LogP contribution in [0.1, 0.15) is 36.8 Å². The smallest absolute Gasteiger partial charge is 0.338 e. The van der Waals surface area contributed by atoms with Gasteiger partial charge < -0.3 is 19.6 Å². The van der Waals surface area contributed by atoms with Crippen LogP contribution in [0, 0.1) is 0 Å². The molecule has 93 heavy (non-hydrogen) atoms. The van der Waals surface area contributed by atoms with Gasteiger partial charge in [0.15, 0.2) is 0 Å². The van der Waals surface area contributed by atoms with Crippen molar-refractivity contribution in [1.29, 1.82) is 0 Å². The molecule has 3 aliphatic rings. The molecule has 458 valence electrons. The van der Waals surface area contributed by atoms with Crippen molar-refractivity contribution in [2.75, 3.05) is 19.6 Å². The van der Waals surface area contributed by atoms with Crippen molar-refractivity contribution in [3.05, 3.63) is 356 Å². The van der Waals surface area contributed by atoms with Gasteiger partial charge in [-0.1, -0.05) is 225 Å². The van der Waals surface area contributed by atoms with E-state index in [2.05, 4.69) is 168 Å². The maximum atomic E-state index is 16.0. The van der Waals surface area contributed by atoms with Crippen LogP contribution >= 0.6 is 0 Å². The molecule has 0 N–H and O–H groups in total. The second-order valence-corrected chi connectivity index (χ2v) is 23.6. The number of nitrogens with zero attached hydrogens (tertiary/aromatic N) is 4. The highest BCUT2D eigenvalue weighted by atomic mass is 19.4. The summed E-state index contributed by atoms with van der Waals surface area (Å²) in [5.74, 6) is 0. The number of para-hydroxylation sites is 3. The van der Waals surface area contributed by atoms with E-state index in [9.17, 15) is 0 Å². The van der Waals surface area contributed by atoms with E-state index in [-0.39, 0.29) is 12.1 Å². The number of fused-ring (bicyclic) bond motifs is 2. The molecule has 0 aromatic heterocycles. The summed E-state index contributed by atoms with van der Waals surface area (Å²) in [5.41, 5.74) is 6.23. The Morgan fingerprint density at radius 1 is 0.344 bits per heavy atom. The third-order valence-corrected chi connectivity index (χ3v) is 18.2. The highest BCUT2D eigenvalue weighted by Gasteiger charge is 2.72. The van der Waals surface area contributed by atoms with Gasteiger partial charge in [0.2, 0.25) is 5.41 Å². The molecule has 2 unspecified atom stereocenters. The highest BCUT2D eigenvalue weighted by molar-refractivity contribution is 5.99. The Bertz CT molecular complexity index is 4620. The second kappa shape index (κ2) is 25.4. The molecule has 0 saturated heterocycles. The largest absolute Gasteiger partial charge is 0.411 e. The van der Waals surface area contributed by atoms with Crippen molar-refractivity contribution in [3.63, 3.8) is 0 Å². The van der Waals surface area contributed by atoms with Crippen molar-refractivity contribution in [2.45, 2.75) is 55.5 Å². The monoisotopic (exact) mass is 1230 g/mol. The maximum absolute atomic E-state index is 16.0. The molecule has 0 bridgehead atoms. The molecule has 0 fully saturated rings. The summed E-state index contributed by atoms with van der Waals surface area (Å²) in [6, 6.07) is 84.6. The van der Waals surface area contributed by atoms with Crippen molar-refractivity contribution in [1.82, 2.24) is 0 Å². The first kappa shape index (κ1) is 59.8. The van der Waals surface area contributed by atoms with E-state index in [0.29, 0.717) is 42.0 Å². The van der Waals surface area contributed by atoms with Gasteiger partial charge in [0.1, 0.15) is 0 Å². The predicted molar refractivity (Wildman–Crippen MR) is 371 cm³/mol. The van der Waals surface area contributed by atoms with Crippen molar-refractivity contribution in [3.8, 4) is 11.1 Å². The molecule has 10 heteroatoms. The molecule has 2 atom stereocenters. The third-order valence-electron chi connectivity index (χ3n) is 18.2. The lowest BCUT2D eigenvalue weighted by atomic mass is 9.72. The van der Waals surface area contributed by atoms with Gasteiger partial charge in [-0.15, -0.1) is 0 Å². The van der Waals surface area contributed by atoms with E-state index < -0.39 is 28.9 Å². The summed E-state index contributed by atoms with van der Waals surface area (Å²) in [7, 11) is 0. The van der Waals surface area contributed by atoms with Crippen LogP contribution in [0.3, 0.4) is 0 Å². The summed E-state index contributed by atoms with van der Waals surface area (Å²) >= 11 is 0. The van der Waals surface area contributed by atoms with Crippen LogP contribution in [-0.4, -0.2) is 24.4 Å². The average molecular weight is 1230 g/mol. The Labute approximate surface area is 538 Å². The van der Waals surface area contributed by atoms with Crippen molar-refractivity contribution >= 4 is 72.7 Å². The zero-order valence-electron chi connectivity index (χ0n) is 50.7. The molecule has 14 rings (SSSR count). The molecule has 11 aromatic carbocycles. The van der Waals surface area contributed by atoms with Crippen LogP contribution in [-0.2, 0) is 5.41 Å². The van der Waals surface area contributed by atoms with E-state index >= 15 is 26.3 Å². The molecule has 0 amide bonds. The minimum absolute atomic E-state index is 0.0491. The molecule has 0 heterocycles. The molecule has 11 aromatic rings. The lowest BCUT2D eigenvalue weighted by Gasteiger charge is -2.39. The number of benzene rings is 11. The van der Waals surface area contributed by atoms with E-state index in [1.54, 1.807) is 0 Å². The summed E-state index contributed by atoms with van der Waals surface area (Å²) in [6.07, 6.45) is 9.85. The van der Waals surface area contributed by atoms with E-state index in [4.69, 9.17) is 0 Å². The van der Waals surface area contributed by atoms with Gasteiger partial charge in [0, 0.05) is 62.0 Å². The van der Waals surface area contributed by atoms with Gasteiger partial charge in [0.25, 0.3) is 0 Å². The topological polar surface area (TPSA) is 13.0 Å². The quantitative estimate of drug-likeness (QED) is 0.0894. The Kier molecular flexibility index (Phi) is 16.4. The maximum Gasteiger partial charge on any atom is 0.411 e. The van der Waals surface area contributed by atoms with Crippen LogP contribution in [0.4, 0.5) is 77.5 Å². The number of hydrogen-bond donors (Lipinski definition) is 0. The molecular weight excluding hydrogens is 1170 g/mol. The second-order valence-electron chi connectivity index (χ2n) is 23.6. The third kappa shape index (κ3) is 11.6. The fraction of sp³-hybridized carbons (Fsp3) is 0.108. The predicted octanol–water partition coefficient (Wildman–Crippen LogP) is 23.4. The summed E-state index contributed by atoms with van der Waals surface area (Å²) in [4.78, 5) is 8.51. The number of hydrogen-bond acceptors (Lipinski definition) is 4. The standard InChI is InChI=1S/C83H64F6N4/c84-82(85,86)81(83(87,88)89,65-43-55-73(56-44-65)90(67-23-5-1-6-24-67)71-47-35-59(36-48-71)61-39-51-75(52-40-61)92(69-27-9-3-10-28-69)79-33-17-21-63-19-13-15-31-77(63)79)66-45-57-74(58-46-66)91(68-25-7-2-8-26-68)72-49-37-60(38-50-72)62-41-53-76(54-42-62)93(70-29-11-4-12-30-70)80-34-18-22-64-20-14-16-32-78(64)80/h1-25,27-37,39-49,51-53,55-58,68,76H,26,38,50,54H2. The molecule has 4 nitrogen and oxygen atoms in total. The molecule has 0 spiro atoms. The van der Waals surface area contributed by atoms with Gasteiger partial charge >= 0.3 is 12.4 Å². The number of anilines is 9. The molecule has 0 saturated carbocycles. The lowest BCUT2D eigenvalue weighted by molar-refractivity contribution is -0.288. The summed E-state index contributed by atoms with van der Waals surface area (Å²) < 4.78 is 96.0. The zero-order valence-corrected chi connectivity index (χ0v) is 50.7. The van der Waals surface area contributed by atoms with Crippen LogP contribution in [0.2, 0.25) is 0 Å². The van der Waals surface area contributed by atoms with Gasteiger partial charge in [-0.3, -0.25) is 0 Å². The van der Waals surface area contributed by atoms with Gasteiger partial charge in [0.05, 0.1) is 17.8 Å². The SMILES string of the molecule is FC(F)(F)C(c1ccc(N(c2ccccc2)c2ccc(-c3ccc(N(c4ccccc4)c4cccc5ccccc45)cc3)cc2)cc1)(c1ccc(N(C2=CC=C(C3=CCC(N(c4ccccc4)c4cccc5ccccc45)C=C3)CC2)C2C=CC=CC2)cc1)C(F)(F)F. The van der Waals surface area contributed by atoms with Gasteiger partial charge in [-0.2, -0.15) is 26.3 Å². The van der Waals surface area contributed by atoms with Gasteiger partial charge in [-0.25, -0.2) is 0 Å². The first-order valence-corrected chi connectivity index (χ1v) is 31.4. The number of rotatable bonds is 16. The fourth-order valence-corrected chi connectivity index (χ4v) is 13.7. The molecule has 0 aliphatic heterocycles. The van der Waals surface area contributed by atoms with Crippen LogP contribution in [0.5, 0.6) is 0 Å². The summed E-state index contributed by atoms with van der Waals surface area (Å²) in [6.45, 7) is 0. The normalized spacial score (nSPS) is 15.7. The molecule has 3 aliphatic carbocycles. The Balaban J connectivity index is 0.736.